The lowest BCUT2D eigenvalue weighted by Gasteiger charge is -2.12. The summed E-state index contributed by atoms with van der Waals surface area (Å²) in [6.45, 7) is 0. The zero-order valence-corrected chi connectivity index (χ0v) is 15.2. The Hall–Kier alpha value is -1.28. The van der Waals surface area contributed by atoms with Crippen molar-refractivity contribution in [2.24, 2.45) is 0 Å². The van der Waals surface area contributed by atoms with Gasteiger partial charge in [-0.1, -0.05) is 6.07 Å². The maximum absolute atomic E-state index is 12.3. The number of amides is 1. The van der Waals surface area contributed by atoms with Gasteiger partial charge in [0, 0.05) is 14.8 Å². The second-order valence-corrected chi connectivity index (χ2v) is 6.26. The van der Waals surface area contributed by atoms with Crippen LogP contribution in [-0.4, -0.2) is 20.1 Å². The summed E-state index contributed by atoms with van der Waals surface area (Å²) >= 11 is 5.58. The predicted octanol–water partition coefficient (Wildman–Crippen LogP) is 4.32. The van der Waals surface area contributed by atoms with Crippen molar-refractivity contribution in [2.45, 2.75) is 0 Å². The minimum Gasteiger partial charge on any atom is -0.493 e. The van der Waals surface area contributed by atoms with Gasteiger partial charge in [-0.3, -0.25) is 4.79 Å². The third-order valence-corrected chi connectivity index (χ3v) is 4.04. The molecule has 0 spiro atoms. The topological polar surface area (TPSA) is 47.6 Å². The van der Waals surface area contributed by atoms with Crippen LogP contribution >= 0.6 is 38.5 Å². The molecule has 1 N–H and O–H groups in total. The first kappa shape index (κ1) is 16.1. The Balaban J connectivity index is 2.29. The highest BCUT2D eigenvalue weighted by atomic mass is 127. The minimum absolute atomic E-state index is 0.210. The molecule has 0 fully saturated rings. The van der Waals surface area contributed by atoms with Crippen molar-refractivity contribution in [3.05, 3.63) is 50.0 Å². The van der Waals surface area contributed by atoms with E-state index in [-0.39, 0.29) is 5.91 Å². The summed E-state index contributed by atoms with van der Waals surface area (Å²) < 4.78 is 12.2. The van der Waals surface area contributed by atoms with E-state index in [1.165, 1.54) is 7.11 Å². The second kappa shape index (κ2) is 7.13. The normalized spacial score (nSPS) is 10.1. The van der Waals surface area contributed by atoms with Crippen molar-refractivity contribution in [1.29, 1.82) is 0 Å². The van der Waals surface area contributed by atoms with Crippen molar-refractivity contribution < 1.29 is 14.3 Å². The molecule has 4 nitrogen and oxygen atoms in total. The Bertz CT molecular complexity index is 676. The van der Waals surface area contributed by atoms with Gasteiger partial charge in [0.05, 0.1) is 18.7 Å². The molecular weight excluding hydrogens is 449 g/mol. The van der Waals surface area contributed by atoms with Gasteiger partial charge in [0.25, 0.3) is 5.91 Å². The zero-order valence-electron chi connectivity index (χ0n) is 11.4. The monoisotopic (exact) mass is 461 g/mol. The second-order valence-electron chi connectivity index (χ2n) is 4.16. The molecule has 0 heterocycles. The quantitative estimate of drug-likeness (QED) is 0.689. The Labute approximate surface area is 145 Å². The molecule has 1 amide bonds. The van der Waals surface area contributed by atoms with Crippen LogP contribution < -0.4 is 14.8 Å². The van der Waals surface area contributed by atoms with Crippen LogP contribution in [0, 0.1) is 3.57 Å². The van der Waals surface area contributed by atoms with Crippen molar-refractivity contribution >= 4 is 50.1 Å². The first-order chi connectivity index (χ1) is 10.0. The third-order valence-electron chi connectivity index (χ3n) is 2.78. The Kier molecular flexibility index (Phi) is 5.46. The van der Waals surface area contributed by atoms with Crippen molar-refractivity contribution in [2.75, 3.05) is 19.5 Å². The van der Waals surface area contributed by atoms with Gasteiger partial charge in [0.2, 0.25) is 0 Å². The standard InChI is InChI=1S/C15H13BrINO3/c1-20-13-7-9(6-12(16)14(13)21-2)15(19)18-11-5-3-4-10(17)8-11/h3-8H,1-2H3,(H,18,19). The molecule has 0 saturated heterocycles. The Morgan fingerprint density at radius 1 is 1.19 bits per heavy atom. The highest BCUT2D eigenvalue weighted by Gasteiger charge is 2.15. The fourth-order valence-corrected chi connectivity index (χ4v) is 2.97. The molecule has 110 valence electrons. The van der Waals surface area contributed by atoms with Crippen LogP contribution in [0.15, 0.2) is 40.9 Å². The molecule has 0 bridgehead atoms. The number of hydrogen-bond acceptors (Lipinski definition) is 3. The number of carbonyl (C=O) groups is 1. The maximum atomic E-state index is 12.3. The average molecular weight is 462 g/mol. The molecule has 2 aromatic carbocycles. The molecule has 2 rings (SSSR count). The zero-order chi connectivity index (χ0) is 15.4. The van der Waals surface area contributed by atoms with Gasteiger partial charge in [-0.25, -0.2) is 0 Å². The highest BCUT2D eigenvalue weighted by Crippen LogP contribution is 2.36. The maximum Gasteiger partial charge on any atom is 0.255 e. The minimum atomic E-state index is -0.210. The van der Waals surface area contributed by atoms with Crippen molar-refractivity contribution in [3.8, 4) is 11.5 Å². The molecule has 0 aliphatic carbocycles. The van der Waals surface area contributed by atoms with Crippen LogP contribution in [0.25, 0.3) is 0 Å². The number of anilines is 1. The summed E-state index contributed by atoms with van der Waals surface area (Å²) in [6, 6.07) is 10.9. The molecule has 0 atom stereocenters. The van der Waals surface area contributed by atoms with E-state index in [4.69, 9.17) is 9.47 Å². The van der Waals surface area contributed by atoms with Gasteiger partial charge >= 0.3 is 0 Å². The van der Waals surface area contributed by atoms with Crippen molar-refractivity contribution in [1.82, 2.24) is 0 Å². The van der Waals surface area contributed by atoms with E-state index < -0.39 is 0 Å². The molecular formula is C15H13BrINO3. The summed E-state index contributed by atoms with van der Waals surface area (Å²) in [5.74, 6) is 0.849. The van der Waals surface area contributed by atoms with E-state index in [1.807, 2.05) is 24.3 Å². The lowest BCUT2D eigenvalue weighted by Crippen LogP contribution is -2.12. The molecule has 0 radical (unpaired) electrons. The van der Waals surface area contributed by atoms with Crippen LogP contribution in [0.2, 0.25) is 0 Å². The number of carbonyl (C=O) groups excluding carboxylic acids is 1. The smallest absolute Gasteiger partial charge is 0.255 e. The number of hydrogen-bond donors (Lipinski definition) is 1. The van der Waals surface area contributed by atoms with Gasteiger partial charge in [0.1, 0.15) is 0 Å². The first-order valence-corrected chi connectivity index (χ1v) is 7.90. The van der Waals surface area contributed by atoms with Crippen molar-refractivity contribution in [3.63, 3.8) is 0 Å². The summed E-state index contributed by atoms with van der Waals surface area (Å²) in [5, 5.41) is 2.85. The molecule has 2 aromatic rings. The van der Waals surface area contributed by atoms with E-state index >= 15 is 0 Å². The lowest BCUT2D eigenvalue weighted by atomic mass is 10.2. The SMILES string of the molecule is COc1cc(C(=O)Nc2cccc(I)c2)cc(Br)c1OC. The van der Waals surface area contributed by atoms with E-state index in [0.717, 1.165) is 9.26 Å². The van der Waals surface area contributed by atoms with Gasteiger partial charge in [-0.05, 0) is 68.9 Å². The van der Waals surface area contributed by atoms with E-state index in [2.05, 4.69) is 43.8 Å². The molecule has 6 heteroatoms. The molecule has 21 heavy (non-hydrogen) atoms. The summed E-state index contributed by atoms with van der Waals surface area (Å²) in [4.78, 5) is 12.3. The molecule has 0 unspecified atom stereocenters. The fourth-order valence-electron chi connectivity index (χ4n) is 1.82. The molecule has 0 aromatic heterocycles. The predicted molar refractivity (Wildman–Crippen MR) is 94.4 cm³/mol. The Morgan fingerprint density at radius 3 is 2.57 bits per heavy atom. The van der Waals surface area contributed by atoms with Gasteiger partial charge in [-0.15, -0.1) is 0 Å². The van der Waals surface area contributed by atoms with Crippen LogP contribution in [0.5, 0.6) is 11.5 Å². The number of rotatable bonds is 4. The largest absolute Gasteiger partial charge is 0.493 e. The average Bonchev–Trinajstić information content (AvgIpc) is 2.46. The van der Waals surface area contributed by atoms with Crippen LogP contribution in [0.4, 0.5) is 5.69 Å². The van der Waals surface area contributed by atoms with Gasteiger partial charge in [-0.2, -0.15) is 0 Å². The number of ether oxygens (including phenoxy) is 2. The lowest BCUT2D eigenvalue weighted by molar-refractivity contribution is 0.102. The molecule has 0 aliphatic heterocycles. The van der Waals surface area contributed by atoms with E-state index in [9.17, 15) is 4.79 Å². The molecule has 0 saturated carbocycles. The van der Waals surface area contributed by atoms with Crippen LogP contribution in [-0.2, 0) is 0 Å². The summed E-state index contributed by atoms with van der Waals surface area (Å²) in [6.07, 6.45) is 0. The van der Waals surface area contributed by atoms with Crippen LogP contribution in [0.3, 0.4) is 0 Å². The van der Waals surface area contributed by atoms with E-state index in [0.29, 0.717) is 21.5 Å². The van der Waals surface area contributed by atoms with Gasteiger partial charge in [0.15, 0.2) is 11.5 Å². The highest BCUT2D eigenvalue weighted by molar-refractivity contribution is 14.1. The van der Waals surface area contributed by atoms with E-state index in [1.54, 1.807) is 19.2 Å². The number of methoxy groups -OCH3 is 2. The summed E-state index contributed by atoms with van der Waals surface area (Å²) in [5.41, 5.74) is 1.23. The third kappa shape index (κ3) is 3.88. The Morgan fingerprint density at radius 2 is 1.95 bits per heavy atom. The number of nitrogens with one attached hydrogen (secondary N) is 1. The van der Waals surface area contributed by atoms with Crippen LogP contribution in [0.1, 0.15) is 10.4 Å². The first-order valence-electron chi connectivity index (χ1n) is 6.03. The molecule has 0 aliphatic rings. The number of benzene rings is 2. The van der Waals surface area contributed by atoms with Gasteiger partial charge < -0.3 is 14.8 Å². The number of halogens is 2. The summed E-state index contributed by atoms with van der Waals surface area (Å²) in [7, 11) is 3.08. The fraction of sp³-hybridized carbons (Fsp3) is 0.133.